The van der Waals surface area contributed by atoms with Crippen LogP contribution in [0.2, 0.25) is 0 Å². The summed E-state index contributed by atoms with van der Waals surface area (Å²) in [5, 5.41) is 6.07. The molecule has 0 spiro atoms. The van der Waals surface area contributed by atoms with E-state index in [-0.39, 0.29) is 0 Å². The first-order chi connectivity index (χ1) is 15.3. The van der Waals surface area contributed by atoms with Gasteiger partial charge in [-0.05, 0) is 59.5 Å². The van der Waals surface area contributed by atoms with Crippen molar-refractivity contribution in [2.24, 2.45) is 0 Å². The molecule has 0 saturated heterocycles. The van der Waals surface area contributed by atoms with Crippen molar-refractivity contribution in [2.75, 3.05) is 13.7 Å². The average Bonchev–Trinajstić information content (AvgIpc) is 2.82. The van der Waals surface area contributed by atoms with Gasteiger partial charge in [0.2, 0.25) is 0 Å². The first kappa shape index (κ1) is 21.0. The van der Waals surface area contributed by atoms with E-state index in [1.165, 1.54) is 33.0 Å². The topological polar surface area (TPSA) is 30.5 Å². The van der Waals surface area contributed by atoms with Gasteiger partial charge in [0.1, 0.15) is 18.1 Å². The van der Waals surface area contributed by atoms with Gasteiger partial charge in [-0.1, -0.05) is 72.8 Å². The van der Waals surface area contributed by atoms with Crippen LogP contribution in [0.1, 0.15) is 22.3 Å². The molecule has 158 valence electrons. The van der Waals surface area contributed by atoms with Crippen LogP contribution < -0.4 is 14.8 Å². The van der Waals surface area contributed by atoms with E-state index in [0.29, 0.717) is 6.61 Å². The summed E-state index contributed by atoms with van der Waals surface area (Å²) < 4.78 is 11.8. The van der Waals surface area contributed by atoms with Gasteiger partial charge in [-0.3, -0.25) is 0 Å². The summed E-state index contributed by atoms with van der Waals surface area (Å²) in [7, 11) is 1.72. The largest absolute Gasteiger partial charge is 0.496 e. The molecule has 0 amide bonds. The monoisotopic (exact) mass is 411 g/mol. The summed E-state index contributed by atoms with van der Waals surface area (Å²) in [6.07, 6.45) is 0.911. The fourth-order valence-corrected chi connectivity index (χ4v) is 3.91. The van der Waals surface area contributed by atoms with Gasteiger partial charge in [0.15, 0.2) is 0 Å². The fraction of sp³-hybridized carbons (Fsp3) is 0.214. The maximum absolute atomic E-state index is 6.30. The van der Waals surface area contributed by atoms with Crippen LogP contribution in [0.4, 0.5) is 0 Å². The summed E-state index contributed by atoms with van der Waals surface area (Å²) in [6, 6.07) is 29.3. The molecule has 0 bridgehead atoms. The zero-order valence-electron chi connectivity index (χ0n) is 18.2. The molecule has 4 aromatic carbocycles. The molecule has 31 heavy (non-hydrogen) atoms. The predicted octanol–water partition coefficient (Wildman–Crippen LogP) is 6.07. The Hall–Kier alpha value is -3.30. The Labute approximate surface area is 184 Å². The minimum Gasteiger partial charge on any atom is -0.496 e. The zero-order chi connectivity index (χ0) is 21.5. The second-order valence-corrected chi connectivity index (χ2v) is 7.72. The average molecular weight is 412 g/mol. The van der Waals surface area contributed by atoms with Crippen molar-refractivity contribution in [1.82, 2.24) is 5.32 Å². The molecule has 0 heterocycles. The molecule has 0 radical (unpaired) electrons. The van der Waals surface area contributed by atoms with Crippen molar-refractivity contribution in [3.05, 3.63) is 107 Å². The highest BCUT2D eigenvalue weighted by atomic mass is 16.5. The number of hydrogen-bond donors (Lipinski definition) is 1. The van der Waals surface area contributed by atoms with Crippen LogP contribution in [-0.2, 0) is 19.6 Å². The number of ether oxygens (including phenoxy) is 2. The van der Waals surface area contributed by atoms with Gasteiger partial charge in [-0.2, -0.15) is 0 Å². The third-order valence-corrected chi connectivity index (χ3v) is 5.71. The highest BCUT2D eigenvalue weighted by molar-refractivity contribution is 5.87. The molecular formula is C28H29NO2. The number of nitrogens with one attached hydrogen (secondary N) is 1. The Morgan fingerprint density at radius 1 is 0.742 bits per heavy atom. The minimum atomic E-state index is 0.569. The van der Waals surface area contributed by atoms with Crippen LogP contribution in [0.25, 0.3) is 10.8 Å². The van der Waals surface area contributed by atoms with Crippen molar-refractivity contribution >= 4 is 10.8 Å². The van der Waals surface area contributed by atoms with Gasteiger partial charge in [-0.15, -0.1) is 0 Å². The highest BCUT2D eigenvalue weighted by Crippen LogP contribution is 2.29. The SMILES string of the molecule is COc1ccccc1CCNCc1c(OCc2ccccc2C)ccc2ccccc12. The Balaban J connectivity index is 1.49. The lowest BCUT2D eigenvalue weighted by Crippen LogP contribution is -2.18. The van der Waals surface area contributed by atoms with Crippen molar-refractivity contribution in [1.29, 1.82) is 0 Å². The van der Waals surface area contributed by atoms with Crippen LogP contribution in [-0.4, -0.2) is 13.7 Å². The lowest BCUT2D eigenvalue weighted by Gasteiger charge is -2.16. The summed E-state index contributed by atoms with van der Waals surface area (Å²) in [6.45, 7) is 4.30. The molecule has 0 unspecified atom stereocenters. The molecule has 0 atom stereocenters. The van der Waals surface area contributed by atoms with E-state index in [9.17, 15) is 0 Å². The Morgan fingerprint density at radius 3 is 2.32 bits per heavy atom. The molecule has 0 aliphatic heterocycles. The van der Waals surface area contributed by atoms with E-state index in [1.54, 1.807) is 7.11 Å². The normalized spacial score (nSPS) is 10.9. The van der Waals surface area contributed by atoms with Crippen LogP contribution >= 0.6 is 0 Å². The molecule has 4 rings (SSSR count). The molecule has 0 aliphatic carbocycles. The van der Waals surface area contributed by atoms with Gasteiger partial charge in [0, 0.05) is 12.1 Å². The van der Waals surface area contributed by atoms with E-state index in [4.69, 9.17) is 9.47 Å². The molecule has 0 aromatic heterocycles. The number of benzene rings is 4. The number of methoxy groups -OCH3 is 1. The Kier molecular flexibility index (Phi) is 6.85. The Bertz CT molecular complexity index is 1150. The fourth-order valence-electron chi connectivity index (χ4n) is 3.91. The van der Waals surface area contributed by atoms with Crippen molar-refractivity contribution < 1.29 is 9.47 Å². The van der Waals surface area contributed by atoms with E-state index in [2.05, 4.69) is 85.0 Å². The highest BCUT2D eigenvalue weighted by Gasteiger charge is 2.10. The van der Waals surface area contributed by atoms with Gasteiger partial charge in [0.05, 0.1) is 7.11 Å². The summed E-state index contributed by atoms with van der Waals surface area (Å²) >= 11 is 0. The van der Waals surface area contributed by atoms with Crippen molar-refractivity contribution in [3.8, 4) is 11.5 Å². The van der Waals surface area contributed by atoms with Gasteiger partial charge >= 0.3 is 0 Å². The predicted molar refractivity (Wildman–Crippen MR) is 128 cm³/mol. The molecular weight excluding hydrogens is 382 g/mol. The van der Waals surface area contributed by atoms with E-state index >= 15 is 0 Å². The third-order valence-electron chi connectivity index (χ3n) is 5.71. The molecule has 1 N–H and O–H groups in total. The minimum absolute atomic E-state index is 0.569. The summed E-state index contributed by atoms with van der Waals surface area (Å²) in [5.41, 5.74) is 4.88. The number of hydrogen-bond acceptors (Lipinski definition) is 3. The second-order valence-electron chi connectivity index (χ2n) is 7.72. The lowest BCUT2D eigenvalue weighted by molar-refractivity contribution is 0.302. The summed E-state index contributed by atoms with van der Waals surface area (Å²) in [4.78, 5) is 0. The standard InChI is InChI=1S/C28H29NO2/c1-21-9-3-4-12-24(21)20-31-28-16-15-22-10-5-7-13-25(22)26(28)19-29-18-17-23-11-6-8-14-27(23)30-2/h3-16,29H,17-20H2,1-2H3. The molecule has 0 fully saturated rings. The van der Waals surface area contributed by atoms with Crippen molar-refractivity contribution in [2.45, 2.75) is 26.5 Å². The summed E-state index contributed by atoms with van der Waals surface area (Å²) in [5.74, 6) is 1.88. The zero-order valence-corrected chi connectivity index (χ0v) is 18.2. The lowest BCUT2D eigenvalue weighted by atomic mass is 10.0. The number of para-hydroxylation sites is 1. The Morgan fingerprint density at radius 2 is 1.48 bits per heavy atom. The van der Waals surface area contributed by atoms with Crippen LogP contribution in [0.3, 0.4) is 0 Å². The number of fused-ring (bicyclic) bond motifs is 1. The molecule has 3 nitrogen and oxygen atoms in total. The number of aryl methyl sites for hydroxylation is 1. The quantitative estimate of drug-likeness (QED) is 0.339. The first-order valence-electron chi connectivity index (χ1n) is 10.8. The van der Waals surface area contributed by atoms with Gasteiger partial charge in [0.25, 0.3) is 0 Å². The molecule has 4 aromatic rings. The second kappa shape index (κ2) is 10.1. The van der Waals surface area contributed by atoms with E-state index < -0.39 is 0 Å². The smallest absolute Gasteiger partial charge is 0.124 e. The van der Waals surface area contributed by atoms with Crippen LogP contribution in [0, 0.1) is 6.92 Å². The van der Waals surface area contributed by atoms with Gasteiger partial charge in [-0.25, -0.2) is 0 Å². The maximum atomic E-state index is 6.30. The van der Waals surface area contributed by atoms with E-state index in [1.807, 2.05) is 12.1 Å². The van der Waals surface area contributed by atoms with Crippen LogP contribution in [0.15, 0.2) is 84.9 Å². The van der Waals surface area contributed by atoms with Crippen LogP contribution in [0.5, 0.6) is 11.5 Å². The van der Waals surface area contributed by atoms with Crippen molar-refractivity contribution in [3.63, 3.8) is 0 Å². The molecule has 3 heteroatoms. The maximum Gasteiger partial charge on any atom is 0.124 e. The third kappa shape index (κ3) is 5.07. The van der Waals surface area contributed by atoms with Gasteiger partial charge < -0.3 is 14.8 Å². The molecule has 0 saturated carbocycles. The molecule has 0 aliphatic rings. The number of rotatable bonds is 9. The van der Waals surface area contributed by atoms with E-state index in [0.717, 1.165) is 31.0 Å². The first-order valence-corrected chi connectivity index (χ1v) is 10.8.